The number of benzene rings is 1. The van der Waals surface area contributed by atoms with E-state index in [1.54, 1.807) is 7.05 Å². The minimum absolute atomic E-state index is 0.0606. The van der Waals surface area contributed by atoms with E-state index in [-0.39, 0.29) is 11.3 Å². The summed E-state index contributed by atoms with van der Waals surface area (Å²) in [4.78, 5) is 15.8. The van der Waals surface area contributed by atoms with Crippen LogP contribution in [0.25, 0.3) is 0 Å². The van der Waals surface area contributed by atoms with Crippen LogP contribution in [0.2, 0.25) is 0 Å². The summed E-state index contributed by atoms with van der Waals surface area (Å²) >= 11 is 0. The number of amides is 1. The third-order valence-corrected chi connectivity index (χ3v) is 3.07. The molecule has 0 fully saturated rings. The van der Waals surface area contributed by atoms with E-state index in [0.29, 0.717) is 0 Å². The average Bonchev–Trinajstić information content (AvgIpc) is 2.90. The van der Waals surface area contributed by atoms with Gasteiger partial charge in [0.25, 0.3) is 5.91 Å². The smallest absolute Gasteiger partial charge is 0.394 e. The topological polar surface area (TPSA) is 67.2 Å². The van der Waals surface area contributed by atoms with Crippen LogP contribution in [0.1, 0.15) is 27.7 Å². The van der Waals surface area contributed by atoms with E-state index >= 15 is 0 Å². The maximum atomic E-state index is 13.0. The highest BCUT2D eigenvalue weighted by molar-refractivity contribution is 5.92. The van der Waals surface area contributed by atoms with Crippen molar-refractivity contribution in [3.63, 3.8) is 0 Å². The van der Waals surface area contributed by atoms with Crippen molar-refractivity contribution in [1.82, 2.24) is 14.9 Å². The molecule has 2 aromatic rings. The van der Waals surface area contributed by atoms with Crippen molar-refractivity contribution in [2.75, 3.05) is 6.61 Å². The van der Waals surface area contributed by atoms with Gasteiger partial charge in [-0.2, -0.15) is 13.2 Å². The number of hydrogen-bond donors (Lipinski definition) is 2. The van der Waals surface area contributed by atoms with Crippen molar-refractivity contribution < 1.29 is 23.1 Å². The lowest BCUT2D eigenvalue weighted by Gasteiger charge is -2.20. The maximum absolute atomic E-state index is 13.0. The first-order chi connectivity index (χ1) is 10.3. The van der Waals surface area contributed by atoms with E-state index in [1.165, 1.54) is 35.3 Å². The number of aliphatic hydroxyl groups is 1. The molecule has 1 atom stereocenters. The van der Waals surface area contributed by atoms with Gasteiger partial charge < -0.3 is 15.0 Å². The SMILES string of the molecule is Cn1cnc(C(=O)NC(CO)c2ccccc2C(F)(F)F)c1. The Balaban J connectivity index is 2.28. The second-order valence-electron chi connectivity index (χ2n) is 4.72. The highest BCUT2D eigenvalue weighted by atomic mass is 19.4. The molecular formula is C14H14F3N3O2. The number of rotatable bonds is 4. The molecule has 2 N–H and O–H groups in total. The molecular weight excluding hydrogens is 299 g/mol. The number of nitrogens with one attached hydrogen (secondary N) is 1. The predicted octanol–water partition coefficient (Wildman–Crippen LogP) is 1.90. The zero-order chi connectivity index (χ0) is 16.3. The van der Waals surface area contributed by atoms with Gasteiger partial charge in [-0.1, -0.05) is 18.2 Å². The average molecular weight is 313 g/mol. The minimum atomic E-state index is -4.57. The summed E-state index contributed by atoms with van der Waals surface area (Å²) in [7, 11) is 1.66. The van der Waals surface area contributed by atoms with E-state index < -0.39 is 30.3 Å². The van der Waals surface area contributed by atoms with Crippen LogP contribution in [0.15, 0.2) is 36.8 Å². The lowest BCUT2D eigenvalue weighted by Crippen LogP contribution is -2.32. The Bertz CT molecular complexity index is 667. The summed E-state index contributed by atoms with van der Waals surface area (Å²) in [6.45, 7) is -0.661. The molecule has 0 aliphatic heterocycles. The van der Waals surface area contributed by atoms with Crippen LogP contribution in [0.5, 0.6) is 0 Å². The van der Waals surface area contributed by atoms with Crippen LogP contribution >= 0.6 is 0 Å². The lowest BCUT2D eigenvalue weighted by molar-refractivity contribution is -0.138. The molecule has 1 unspecified atom stereocenters. The molecule has 22 heavy (non-hydrogen) atoms. The predicted molar refractivity (Wildman–Crippen MR) is 71.9 cm³/mol. The first kappa shape index (κ1) is 16.0. The summed E-state index contributed by atoms with van der Waals surface area (Å²) in [5.74, 6) is -0.656. The second-order valence-corrected chi connectivity index (χ2v) is 4.72. The Morgan fingerprint density at radius 2 is 2.09 bits per heavy atom. The molecule has 0 aliphatic carbocycles. The standard InChI is InChI=1S/C14H14F3N3O2/c1-20-6-11(18-8-20)13(22)19-12(7-21)9-4-2-3-5-10(9)14(15,16)17/h2-6,8,12,21H,7H2,1H3,(H,19,22). The van der Waals surface area contributed by atoms with Gasteiger partial charge in [0, 0.05) is 13.2 Å². The molecule has 0 saturated carbocycles. The summed E-state index contributed by atoms with van der Waals surface area (Å²) in [6, 6.07) is 3.63. The van der Waals surface area contributed by atoms with Gasteiger partial charge in [0.15, 0.2) is 0 Å². The number of aryl methyl sites for hydroxylation is 1. The number of alkyl halides is 3. The Kier molecular flexibility index (Phi) is 4.51. The zero-order valence-corrected chi connectivity index (χ0v) is 11.6. The summed E-state index contributed by atoms with van der Waals surface area (Å²) in [6.07, 6.45) is -1.74. The van der Waals surface area contributed by atoms with Crippen molar-refractivity contribution in [3.8, 4) is 0 Å². The van der Waals surface area contributed by atoms with Gasteiger partial charge in [-0.25, -0.2) is 4.98 Å². The maximum Gasteiger partial charge on any atom is 0.416 e. The Morgan fingerprint density at radius 1 is 1.41 bits per heavy atom. The number of nitrogens with zero attached hydrogens (tertiary/aromatic N) is 2. The fourth-order valence-electron chi connectivity index (χ4n) is 2.04. The highest BCUT2D eigenvalue weighted by Crippen LogP contribution is 2.34. The van der Waals surface area contributed by atoms with Crippen molar-refractivity contribution in [2.24, 2.45) is 7.05 Å². The number of imidazole rings is 1. The number of aromatic nitrogens is 2. The van der Waals surface area contributed by atoms with E-state index in [0.717, 1.165) is 6.07 Å². The molecule has 0 radical (unpaired) electrons. The molecule has 0 bridgehead atoms. The summed E-state index contributed by atoms with van der Waals surface area (Å²) < 4.78 is 40.5. The molecule has 2 rings (SSSR count). The number of hydrogen-bond acceptors (Lipinski definition) is 3. The van der Waals surface area contributed by atoms with Crippen molar-refractivity contribution in [1.29, 1.82) is 0 Å². The van der Waals surface area contributed by atoms with Gasteiger partial charge in [0.05, 0.1) is 24.5 Å². The van der Waals surface area contributed by atoms with Crippen LogP contribution in [0, 0.1) is 0 Å². The Labute approximate surface area is 124 Å². The minimum Gasteiger partial charge on any atom is -0.394 e. The number of aliphatic hydroxyl groups excluding tert-OH is 1. The summed E-state index contributed by atoms with van der Waals surface area (Å²) in [5, 5.41) is 11.7. The van der Waals surface area contributed by atoms with Crippen molar-refractivity contribution >= 4 is 5.91 Å². The second kappa shape index (κ2) is 6.18. The molecule has 8 heteroatoms. The van der Waals surface area contributed by atoms with Gasteiger partial charge in [0.2, 0.25) is 0 Å². The fourth-order valence-corrected chi connectivity index (χ4v) is 2.04. The fraction of sp³-hybridized carbons (Fsp3) is 0.286. The van der Waals surface area contributed by atoms with E-state index in [2.05, 4.69) is 10.3 Å². The molecule has 5 nitrogen and oxygen atoms in total. The third kappa shape index (κ3) is 3.45. The van der Waals surface area contributed by atoms with Crippen molar-refractivity contribution in [2.45, 2.75) is 12.2 Å². The molecule has 118 valence electrons. The normalized spacial score (nSPS) is 13.0. The molecule has 0 saturated heterocycles. The number of halogens is 3. The highest BCUT2D eigenvalue weighted by Gasteiger charge is 2.35. The molecule has 0 spiro atoms. The first-order valence-electron chi connectivity index (χ1n) is 6.38. The van der Waals surface area contributed by atoms with E-state index in [4.69, 9.17) is 0 Å². The van der Waals surface area contributed by atoms with Crippen LogP contribution in [-0.2, 0) is 13.2 Å². The van der Waals surface area contributed by atoms with Crippen molar-refractivity contribution in [3.05, 3.63) is 53.6 Å². The lowest BCUT2D eigenvalue weighted by atomic mass is 10.00. The molecule has 1 amide bonds. The van der Waals surface area contributed by atoms with Crippen LogP contribution in [-0.4, -0.2) is 27.2 Å². The number of carbonyl (C=O) groups excluding carboxylic acids is 1. The first-order valence-corrected chi connectivity index (χ1v) is 6.38. The van der Waals surface area contributed by atoms with Gasteiger partial charge in [-0.3, -0.25) is 4.79 Å². The molecule has 1 aromatic carbocycles. The summed E-state index contributed by atoms with van der Waals surface area (Å²) in [5.41, 5.74) is -1.03. The van der Waals surface area contributed by atoms with Gasteiger partial charge in [-0.05, 0) is 11.6 Å². The van der Waals surface area contributed by atoms with Gasteiger partial charge >= 0.3 is 6.18 Å². The van der Waals surface area contributed by atoms with E-state index in [1.807, 2.05) is 0 Å². The quantitative estimate of drug-likeness (QED) is 0.906. The van der Waals surface area contributed by atoms with Crippen LogP contribution in [0.4, 0.5) is 13.2 Å². The Morgan fingerprint density at radius 3 is 2.64 bits per heavy atom. The van der Waals surface area contributed by atoms with Crippen LogP contribution in [0.3, 0.4) is 0 Å². The third-order valence-electron chi connectivity index (χ3n) is 3.07. The molecule has 1 aromatic heterocycles. The molecule has 0 aliphatic rings. The van der Waals surface area contributed by atoms with Gasteiger partial charge in [-0.15, -0.1) is 0 Å². The zero-order valence-electron chi connectivity index (χ0n) is 11.6. The van der Waals surface area contributed by atoms with Gasteiger partial charge in [0.1, 0.15) is 5.69 Å². The monoisotopic (exact) mass is 313 g/mol. The molecule has 1 heterocycles. The van der Waals surface area contributed by atoms with Crippen LogP contribution < -0.4 is 5.32 Å². The largest absolute Gasteiger partial charge is 0.416 e. The van der Waals surface area contributed by atoms with E-state index in [9.17, 15) is 23.1 Å². The Hall–Kier alpha value is -2.35. The number of carbonyl (C=O) groups is 1.